The molecule has 2 rings (SSSR count). The van der Waals surface area contributed by atoms with E-state index in [0.29, 0.717) is 23.3 Å². The fourth-order valence-electron chi connectivity index (χ4n) is 4.70. The number of rotatable bonds is 16. The number of urea groups is 1. The summed E-state index contributed by atoms with van der Waals surface area (Å²) in [5.41, 5.74) is 0.644. The van der Waals surface area contributed by atoms with E-state index in [0.717, 1.165) is 38.7 Å². The van der Waals surface area contributed by atoms with Crippen LogP contribution in [0.1, 0.15) is 77.6 Å². The van der Waals surface area contributed by atoms with E-state index < -0.39 is 0 Å². The predicted octanol–water partition coefficient (Wildman–Crippen LogP) is 6.18. The number of nitrogens with one attached hydrogen (secondary N) is 1. The first-order valence-corrected chi connectivity index (χ1v) is 13.5. The standard InChI is InChI=1S/C28H49N3O4/c1-6-7-10-19-30(2)20-11-8-9-12-21-35-24-15-13-23(14-16-24)31(3)28(32)29-26-18-17-25(33-4)22-27(26)34-5/h17-18,22-24H,6-16,19-21H2,1-5H3,(H,29,32)/t23-,24-. The van der Waals surface area contributed by atoms with Gasteiger partial charge in [0.1, 0.15) is 11.5 Å². The number of methoxy groups -OCH3 is 2. The van der Waals surface area contributed by atoms with Crippen molar-refractivity contribution in [3.05, 3.63) is 18.2 Å². The molecule has 1 aromatic carbocycles. The van der Waals surface area contributed by atoms with Crippen LogP contribution in [0.2, 0.25) is 0 Å². The summed E-state index contributed by atoms with van der Waals surface area (Å²) in [6, 6.07) is 5.50. The zero-order chi connectivity index (χ0) is 25.5. The number of ether oxygens (including phenoxy) is 3. The first-order chi connectivity index (χ1) is 17.0. The largest absolute Gasteiger partial charge is 0.497 e. The Kier molecular flexibility index (Phi) is 13.9. The molecule has 1 N–H and O–H groups in total. The SMILES string of the molecule is CCCCCN(C)CCCCCCO[C@H]1CC[C@H](N(C)C(=O)Nc2ccc(OC)cc2OC)CC1. The Morgan fingerprint density at radius 1 is 0.943 bits per heavy atom. The summed E-state index contributed by atoms with van der Waals surface area (Å²) in [5.74, 6) is 1.28. The van der Waals surface area contributed by atoms with Crippen LogP contribution in [-0.4, -0.2) is 76.0 Å². The van der Waals surface area contributed by atoms with Crippen molar-refractivity contribution in [2.45, 2.75) is 89.7 Å². The van der Waals surface area contributed by atoms with Crippen LogP contribution < -0.4 is 14.8 Å². The predicted molar refractivity (Wildman–Crippen MR) is 144 cm³/mol. The third-order valence-electron chi connectivity index (χ3n) is 7.09. The van der Waals surface area contributed by atoms with Gasteiger partial charge in [-0.15, -0.1) is 0 Å². The second-order valence-corrected chi connectivity index (χ2v) is 9.83. The summed E-state index contributed by atoms with van der Waals surface area (Å²) in [5, 5.41) is 2.97. The van der Waals surface area contributed by atoms with Gasteiger partial charge in [0, 0.05) is 25.8 Å². The molecule has 0 saturated heterocycles. The van der Waals surface area contributed by atoms with Crippen molar-refractivity contribution in [3.8, 4) is 11.5 Å². The zero-order valence-electron chi connectivity index (χ0n) is 22.8. The molecule has 1 aliphatic rings. The number of carbonyl (C=O) groups is 1. The monoisotopic (exact) mass is 491 g/mol. The summed E-state index contributed by atoms with van der Waals surface area (Å²) >= 11 is 0. The molecule has 0 spiro atoms. The summed E-state index contributed by atoms with van der Waals surface area (Å²) in [4.78, 5) is 17.1. The number of carbonyl (C=O) groups excluding carboxylic acids is 1. The lowest BCUT2D eigenvalue weighted by molar-refractivity contribution is 0.0130. The van der Waals surface area contributed by atoms with Crippen molar-refractivity contribution < 1.29 is 19.0 Å². The Bertz CT molecular complexity index is 722. The average Bonchev–Trinajstić information content (AvgIpc) is 2.88. The van der Waals surface area contributed by atoms with Gasteiger partial charge in [-0.3, -0.25) is 0 Å². The van der Waals surface area contributed by atoms with E-state index in [4.69, 9.17) is 14.2 Å². The summed E-state index contributed by atoms with van der Waals surface area (Å²) in [6.45, 7) is 5.55. The van der Waals surface area contributed by atoms with Gasteiger partial charge in [0.15, 0.2) is 0 Å². The molecule has 0 aromatic heterocycles. The van der Waals surface area contributed by atoms with E-state index in [-0.39, 0.29) is 12.1 Å². The van der Waals surface area contributed by atoms with Crippen molar-refractivity contribution in [3.63, 3.8) is 0 Å². The van der Waals surface area contributed by atoms with Crippen LogP contribution in [0.5, 0.6) is 11.5 Å². The van der Waals surface area contributed by atoms with Crippen molar-refractivity contribution in [2.75, 3.05) is 53.3 Å². The van der Waals surface area contributed by atoms with Gasteiger partial charge in [-0.25, -0.2) is 4.79 Å². The lowest BCUT2D eigenvalue weighted by Gasteiger charge is -2.34. The number of amides is 2. The van der Waals surface area contributed by atoms with Gasteiger partial charge in [0.25, 0.3) is 0 Å². The van der Waals surface area contributed by atoms with Crippen LogP contribution >= 0.6 is 0 Å². The van der Waals surface area contributed by atoms with E-state index in [2.05, 4.69) is 24.2 Å². The minimum Gasteiger partial charge on any atom is -0.497 e. The van der Waals surface area contributed by atoms with Gasteiger partial charge in [0.05, 0.1) is 26.0 Å². The number of benzene rings is 1. The first kappa shape index (κ1) is 29.2. The van der Waals surface area contributed by atoms with E-state index in [9.17, 15) is 4.79 Å². The third kappa shape index (κ3) is 10.7. The topological polar surface area (TPSA) is 63.3 Å². The smallest absolute Gasteiger partial charge is 0.321 e. The number of hydrogen-bond donors (Lipinski definition) is 1. The molecule has 0 bridgehead atoms. The Morgan fingerprint density at radius 3 is 2.29 bits per heavy atom. The maximum atomic E-state index is 12.8. The number of hydrogen-bond acceptors (Lipinski definition) is 5. The van der Waals surface area contributed by atoms with Gasteiger partial charge < -0.3 is 29.3 Å². The summed E-state index contributed by atoms with van der Waals surface area (Å²) in [6.07, 6.45) is 13.2. The summed E-state index contributed by atoms with van der Waals surface area (Å²) < 4.78 is 16.8. The van der Waals surface area contributed by atoms with Crippen LogP contribution in [0, 0.1) is 0 Å². The molecule has 2 amide bonds. The minimum atomic E-state index is -0.117. The fraction of sp³-hybridized carbons (Fsp3) is 0.750. The van der Waals surface area contributed by atoms with Gasteiger partial charge in [-0.2, -0.15) is 0 Å². The molecular formula is C28H49N3O4. The van der Waals surface area contributed by atoms with Gasteiger partial charge in [-0.05, 0) is 77.2 Å². The summed E-state index contributed by atoms with van der Waals surface area (Å²) in [7, 11) is 7.31. The van der Waals surface area contributed by atoms with Gasteiger partial charge in [-0.1, -0.05) is 32.6 Å². The highest BCUT2D eigenvalue weighted by Gasteiger charge is 2.27. The van der Waals surface area contributed by atoms with Gasteiger partial charge >= 0.3 is 6.03 Å². The van der Waals surface area contributed by atoms with Crippen LogP contribution in [0.4, 0.5) is 10.5 Å². The van der Waals surface area contributed by atoms with Crippen molar-refractivity contribution in [1.29, 1.82) is 0 Å². The quantitative estimate of drug-likeness (QED) is 0.280. The Morgan fingerprint density at radius 2 is 1.63 bits per heavy atom. The highest BCUT2D eigenvalue weighted by Crippen LogP contribution is 2.30. The van der Waals surface area contributed by atoms with Gasteiger partial charge in [0.2, 0.25) is 0 Å². The lowest BCUT2D eigenvalue weighted by Crippen LogP contribution is -2.42. The van der Waals surface area contributed by atoms with Crippen molar-refractivity contribution in [2.24, 2.45) is 0 Å². The lowest BCUT2D eigenvalue weighted by atomic mass is 9.92. The molecule has 1 saturated carbocycles. The van der Waals surface area contributed by atoms with E-state index in [1.807, 2.05) is 18.0 Å². The maximum absolute atomic E-state index is 12.8. The average molecular weight is 492 g/mol. The van der Waals surface area contributed by atoms with Crippen molar-refractivity contribution in [1.82, 2.24) is 9.80 Å². The Hall–Kier alpha value is -1.99. The molecule has 1 aromatic rings. The molecule has 0 unspecified atom stereocenters. The Labute approximate surface area is 213 Å². The number of unbranched alkanes of at least 4 members (excludes halogenated alkanes) is 5. The zero-order valence-corrected chi connectivity index (χ0v) is 22.8. The molecule has 0 radical (unpaired) electrons. The van der Waals surface area contributed by atoms with E-state index in [1.165, 1.54) is 51.6 Å². The highest BCUT2D eigenvalue weighted by molar-refractivity contribution is 5.91. The molecule has 1 aliphatic carbocycles. The second-order valence-electron chi connectivity index (χ2n) is 9.83. The molecule has 0 heterocycles. The van der Waals surface area contributed by atoms with E-state index in [1.54, 1.807) is 26.4 Å². The van der Waals surface area contributed by atoms with Crippen LogP contribution in [0.25, 0.3) is 0 Å². The third-order valence-corrected chi connectivity index (χ3v) is 7.09. The highest BCUT2D eigenvalue weighted by atomic mass is 16.5. The number of nitrogens with zero attached hydrogens (tertiary/aromatic N) is 2. The molecule has 0 aliphatic heterocycles. The molecule has 7 nitrogen and oxygen atoms in total. The molecule has 1 fully saturated rings. The van der Waals surface area contributed by atoms with Crippen LogP contribution in [-0.2, 0) is 4.74 Å². The van der Waals surface area contributed by atoms with Crippen LogP contribution in [0.3, 0.4) is 0 Å². The minimum absolute atomic E-state index is 0.117. The van der Waals surface area contributed by atoms with Crippen molar-refractivity contribution >= 4 is 11.7 Å². The normalized spacial score (nSPS) is 17.9. The first-order valence-electron chi connectivity index (χ1n) is 13.5. The molecule has 35 heavy (non-hydrogen) atoms. The number of anilines is 1. The molecule has 0 atom stereocenters. The maximum Gasteiger partial charge on any atom is 0.321 e. The van der Waals surface area contributed by atoms with Crippen LogP contribution in [0.15, 0.2) is 18.2 Å². The molecular weight excluding hydrogens is 442 g/mol. The fourth-order valence-corrected chi connectivity index (χ4v) is 4.70. The molecule has 7 heteroatoms. The molecule has 200 valence electrons. The second kappa shape index (κ2) is 16.6. The van der Waals surface area contributed by atoms with E-state index >= 15 is 0 Å². The Balaban J connectivity index is 1.58.